The maximum atomic E-state index is 12.7. The Balaban J connectivity index is 1.50. The number of para-hydroxylation sites is 1. The van der Waals surface area contributed by atoms with Crippen molar-refractivity contribution in [2.75, 3.05) is 24.6 Å². The topological polar surface area (TPSA) is 128 Å². The highest BCUT2D eigenvalue weighted by atomic mass is 16.5. The standard InChI is InChI=1S/C24H25N5O4/c1-16-12-17(2)14-18(13-16)29(11-5-9-25)21(30)15-33-22(31)8-10-26-24(32)23-19-6-3-4-7-20(19)27-28-23/h3-4,6-7,12-14H,5,8,10-11,15H2,1-2H3,(H,26,32)(H,27,28). The van der Waals surface area contributed by atoms with Crippen molar-refractivity contribution in [3.05, 3.63) is 59.3 Å². The SMILES string of the molecule is Cc1cc(C)cc(N(CCC#N)C(=O)COC(=O)CCNC(=O)c2n[nH]c3ccccc23)c1. The van der Waals surface area contributed by atoms with Gasteiger partial charge in [-0.25, -0.2) is 0 Å². The van der Waals surface area contributed by atoms with Gasteiger partial charge >= 0.3 is 5.97 Å². The molecule has 9 nitrogen and oxygen atoms in total. The Morgan fingerprint density at radius 3 is 2.61 bits per heavy atom. The number of rotatable bonds is 9. The van der Waals surface area contributed by atoms with Crippen molar-refractivity contribution in [1.82, 2.24) is 15.5 Å². The fourth-order valence-electron chi connectivity index (χ4n) is 3.46. The number of aromatic amines is 1. The van der Waals surface area contributed by atoms with Gasteiger partial charge in [-0.3, -0.25) is 19.5 Å². The summed E-state index contributed by atoms with van der Waals surface area (Å²) < 4.78 is 5.10. The zero-order valence-corrected chi connectivity index (χ0v) is 18.6. The number of H-pyrrole nitrogens is 1. The number of esters is 1. The number of nitrogens with one attached hydrogen (secondary N) is 2. The Labute approximate surface area is 191 Å². The molecule has 3 rings (SSSR count). The third-order valence-corrected chi connectivity index (χ3v) is 4.92. The number of nitrogens with zero attached hydrogens (tertiary/aromatic N) is 3. The second-order valence-electron chi connectivity index (χ2n) is 7.58. The van der Waals surface area contributed by atoms with E-state index in [0.717, 1.165) is 16.6 Å². The average Bonchev–Trinajstić information content (AvgIpc) is 3.21. The van der Waals surface area contributed by atoms with Gasteiger partial charge in [0.1, 0.15) is 0 Å². The van der Waals surface area contributed by atoms with Gasteiger partial charge in [-0.15, -0.1) is 0 Å². The largest absolute Gasteiger partial charge is 0.455 e. The molecule has 0 aliphatic heterocycles. The highest BCUT2D eigenvalue weighted by Gasteiger charge is 2.19. The molecule has 0 aliphatic rings. The molecule has 0 bridgehead atoms. The lowest BCUT2D eigenvalue weighted by molar-refractivity contribution is -0.147. The van der Waals surface area contributed by atoms with E-state index < -0.39 is 24.4 Å². The molecule has 1 heterocycles. The minimum Gasteiger partial charge on any atom is -0.455 e. The van der Waals surface area contributed by atoms with Gasteiger partial charge in [0.25, 0.3) is 11.8 Å². The van der Waals surface area contributed by atoms with Crippen LogP contribution in [0, 0.1) is 25.2 Å². The zero-order valence-electron chi connectivity index (χ0n) is 18.6. The van der Waals surface area contributed by atoms with Crippen LogP contribution in [0.3, 0.4) is 0 Å². The summed E-state index contributed by atoms with van der Waals surface area (Å²) in [5.74, 6) is -1.44. The van der Waals surface area contributed by atoms with Crippen LogP contribution in [0.25, 0.3) is 10.9 Å². The van der Waals surface area contributed by atoms with Gasteiger partial charge in [0.05, 0.1) is 24.4 Å². The molecule has 2 amide bonds. The van der Waals surface area contributed by atoms with Crippen LogP contribution in [0.1, 0.15) is 34.5 Å². The smallest absolute Gasteiger partial charge is 0.308 e. The predicted molar refractivity (Wildman–Crippen MR) is 123 cm³/mol. The van der Waals surface area contributed by atoms with Gasteiger partial charge in [-0.2, -0.15) is 10.4 Å². The molecular weight excluding hydrogens is 422 g/mol. The van der Waals surface area contributed by atoms with Gasteiger partial charge in [0.15, 0.2) is 12.3 Å². The molecule has 9 heteroatoms. The van der Waals surface area contributed by atoms with Crippen LogP contribution in [-0.4, -0.2) is 47.7 Å². The molecule has 0 atom stereocenters. The van der Waals surface area contributed by atoms with Crippen LogP contribution in [0.4, 0.5) is 5.69 Å². The minimum atomic E-state index is -0.615. The van der Waals surface area contributed by atoms with E-state index >= 15 is 0 Å². The van der Waals surface area contributed by atoms with Crippen molar-refractivity contribution in [3.63, 3.8) is 0 Å². The van der Waals surface area contributed by atoms with Crippen molar-refractivity contribution >= 4 is 34.4 Å². The third-order valence-electron chi connectivity index (χ3n) is 4.92. The number of benzene rings is 2. The number of carbonyl (C=O) groups is 3. The maximum absolute atomic E-state index is 12.7. The number of carbonyl (C=O) groups excluding carboxylic acids is 3. The molecule has 0 radical (unpaired) electrons. The summed E-state index contributed by atoms with van der Waals surface area (Å²) in [6.07, 6.45) is 0.0592. The third kappa shape index (κ3) is 6.17. The Bertz CT molecular complexity index is 1190. The van der Waals surface area contributed by atoms with Crippen molar-refractivity contribution in [1.29, 1.82) is 5.26 Å². The molecule has 0 unspecified atom stereocenters. The Kier molecular flexibility index (Phi) is 7.76. The van der Waals surface area contributed by atoms with E-state index in [-0.39, 0.29) is 31.6 Å². The predicted octanol–water partition coefficient (Wildman–Crippen LogP) is 2.79. The first-order valence-electron chi connectivity index (χ1n) is 10.5. The van der Waals surface area contributed by atoms with Gasteiger partial charge in [-0.1, -0.05) is 24.3 Å². The van der Waals surface area contributed by atoms with Crippen LogP contribution in [-0.2, 0) is 14.3 Å². The second kappa shape index (κ2) is 10.9. The lowest BCUT2D eigenvalue weighted by Gasteiger charge is -2.22. The molecule has 2 aromatic carbocycles. The molecule has 0 fully saturated rings. The summed E-state index contributed by atoms with van der Waals surface area (Å²) in [5.41, 5.74) is 3.61. The van der Waals surface area contributed by atoms with E-state index in [0.29, 0.717) is 11.1 Å². The van der Waals surface area contributed by atoms with Crippen LogP contribution in [0.5, 0.6) is 0 Å². The van der Waals surface area contributed by atoms with Crippen molar-refractivity contribution in [2.45, 2.75) is 26.7 Å². The van der Waals surface area contributed by atoms with Gasteiger partial charge < -0.3 is 15.0 Å². The quantitative estimate of drug-likeness (QED) is 0.486. The van der Waals surface area contributed by atoms with Gasteiger partial charge in [0, 0.05) is 24.2 Å². The second-order valence-corrected chi connectivity index (χ2v) is 7.58. The van der Waals surface area contributed by atoms with Crippen LogP contribution < -0.4 is 10.2 Å². The average molecular weight is 447 g/mol. The molecule has 0 saturated carbocycles. The van der Waals surface area contributed by atoms with Crippen molar-refractivity contribution in [2.24, 2.45) is 0 Å². The number of amides is 2. The molecular formula is C24H25N5O4. The minimum absolute atomic E-state index is 0.0439. The highest BCUT2D eigenvalue weighted by Crippen LogP contribution is 2.19. The van der Waals surface area contributed by atoms with E-state index in [4.69, 9.17) is 10.00 Å². The molecule has 0 spiro atoms. The summed E-state index contributed by atoms with van der Waals surface area (Å²) in [4.78, 5) is 38.6. The number of aromatic nitrogens is 2. The first-order chi connectivity index (χ1) is 15.9. The molecule has 3 aromatic rings. The summed E-state index contributed by atoms with van der Waals surface area (Å²) >= 11 is 0. The molecule has 2 N–H and O–H groups in total. The summed E-state index contributed by atoms with van der Waals surface area (Å²) in [6, 6.07) is 14.9. The van der Waals surface area contributed by atoms with Crippen LogP contribution in [0.15, 0.2) is 42.5 Å². The molecule has 1 aromatic heterocycles. The normalized spacial score (nSPS) is 10.5. The monoisotopic (exact) mass is 447 g/mol. The van der Waals surface area contributed by atoms with E-state index in [1.165, 1.54) is 4.90 Å². The van der Waals surface area contributed by atoms with E-state index in [1.807, 2.05) is 50.2 Å². The summed E-state index contributed by atoms with van der Waals surface area (Å²) in [6.45, 7) is 3.63. The van der Waals surface area contributed by atoms with E-state index in [1.54, 1.807) is 12.1 Å². The number of anilines is 1. The Morgan fingerprint density at radius 2 is 1.88 bits per heavy atom. The fourth-order valence-corrected chi connectivity index (χ4v) is 3.46. The number of aryl methyl sites for hydroxylation is 2. The van der Waals surface area contributed by atoms with Crippen molar-refractivity contribution in [3.8, 4) is 6.07 Å². The number of hydrogen-bond donors (Lipinski definition) is 2. The Morgan fingerprint density at radius 1 is 1.15 bits per heavy atom. The summed E-state index contributed by atoms with van der Waals surface area (Å²) in [5, 5.41) is 19.0. The molecule has 170 valence electrons. The van der Waals surface area contributed by atoms with Gasteiger partial charge in [-0.05, 0) is 43.2 Å². The first-order valence-corrected chi connectivity index (χ1v) is 10.5. The number of hydrogen-bond acceptors (Lipinski definition) is 6. The molecule has 33 heavy (non-hydrogen) atoms. The lowest BCUT2D eigenvalue weighted by atomic mass is 10.1. The number of fused-ring (bicyclic) bond motifs is 1. The molecule has 0 aliphatic carbocycles. The van der Waals surface area contributed by atoms with Crippen molar-refractivity contribution < 1.29 is 19.1 Å². The first kappa shape index (κ1) is 23.5. The number of nitriles is 1. The highest BCUT2D eigenvalue weighted by molar-refractivity contribution is 6.04. The molecule has 0 saturated heterocycles. The van der Waals surface area contributed by atoms with Crippen LogP contribution in [0.2, 0.25) is 0 Å². The Hall–Kier alpha value is -4.19. The lowest BCUT2D eigenvalue weighted by Crippen LogP contribution is -2.36. The van der Waals surface area contributed by atoms with Crippen LogP contribution >= 0.6 is 0 Å². The van der Waals surface area contributed by atoms with E-state index in [2.05, 4.69) is 15.5 Å². The van der Waals surface area contributed by atoms with Gasteiger partial charge in [0.2, 0.25) is 0 Å². The maximum Gasteiger partial charge on any atom is 0.308 e. The number of ether oxygens (including phenoxy) is 1. The fraction of sp³-hybridized carbons (Fsp3) is 0.292. The zero-order chi connectivity index (χ0) is 23.8. The summed E-state index contributed by atoms with van der Waals surface area (Å²) in [7, 11) is 0. The van der Waals surface area contributed by atoms with E-state index in [9.17, 15) is 14.4 Å².